The lowest BCUT2D eigenvalue weighted by Crippen LogP contribution is -2.30. The number of nitrogens with zero attached hydrogens (tertiary/aromatic N) is 12. The number of carbonyl (C=O) groups is 4. The smallest absolute Gasteiger partial charge is 0.338 e. The summed E-state index contributed by atoms with van der Waals surface area (Å²) >= 11 is 5.51. The maximum absolute atomic E-state index is 12.9. The molecule has 6 aromatic heterocycles. The van der Waals surface area contributed by atoms with Crippen LogP contribution in [0.4, 0.5) is 24.5 Å². The van der Waals surface area contributed by atoms with Crippen molar-refractivity contribution in [3.8, 4) is 22.8 Å². The van der Waals surface area contributed by atoms with E-state index in [4.69, 9.17) is 11.6 Å². The van der Waals surface area contributed by atoms with Crippen molar-refractivity contribution >= 4 is 77.8 Å². The summed E-state index contributed by atoms with van der Waals surface area (Å²) in [5, 5.41) is 24.2. The summed E-state index contributed by atoms with van der Waals surface area (Å²) in [4.78, 5) is 59.7. The van der Waals surface area contributed by atoms with Gasteiger partial charge in [-0.1, -0.05) is 60.7 Å². The summed E-state index contributed by atoms with van der Waals surface area (Å²) < 4.78 is 91.9. The van der Waals surface area contributed by atoms with Gasteiger partial charge in [0.25, 0.3) is 23.0 Å². The van der Waals surface area contributed by atoms with E-state index in [9.17, 15) is 49.2 Å². The van der Waals surface area contributed by atoms with Crippen molar-refractivity contribution in [2.45, 2.75) is 0 Å². The zero-order chi connectivity index (χ0) is 58.6. The zero-order valence-corrected chi connectivity index (χ0v) is 46.2. The topological polar surface area (TPSA) is 306 Å². The maximum atomic E-state index is 12.9. The first-order chi connectivity index (χ1) is 38.2. The van der Waals surface area contributed by atoms with Gasteiger partial charge < -0.3 is 20.9 Å². The molecule has 8 aromatic rings. The Hall–Kier alpha value is -8.04. The Morgan fingerprint density at radius 3 is 1.55 bits per heavy atom. The van der Waals surface area contributed by atoms with Gasteiger partial charge in [-0.05, 0) is 30.8 Å². The molecular formula is C48H56ClF3N16O10S2. The minimum Gasteiger partial charge on any atom is -0.339 e. The molecule has 4 N–H and O–H groups in total. The van der Waals surface area contributed by atoms with Gasteiger partial charge in [-0.3, -0.25) is 41.3 Å². The molecule has 0 aliphatic carbocycles. The predicted molar refractivity (Wildman–Crippen MR) is 290 cm³/mol. The molecule has 2 fully saturated rings. The van der Waals surface area contributed by atoms with Gasteiger partial charge in [0, 0.05) is 101 Å². The number of benzene rings is 2. The molecule has 80 heavy (non-hydrogen) atoms. The van der Waals surface area contributed by atoms with Gasteiger partial charge >= 0.3 is 20.6 Å². The number of anilines is 2. The Morgan fingerprint density at radius 2 is 1.20 bits per heavy atom. The highest BCUT2D eigenvalue weighted by Gasteiger charge is 2.26. The van der Waals surface area contributed by atoms with Crippen molar-refractivity contribution in [1.82, 2.24) is 68.0 Å². The van der Waals surface area contributed by atoms with Crippen LogP contribution in [0.15, 0.2) is 110 Å². The van der Waals surface area contributed by atoms with Crippen LogP contribution in [-0.4, -0.2) is 179 Å². The summed E-state index contributed by atoms with van der Waals surface area (Å²) in [7, 11) is 1.72. The predicted octanol–water partition coefficient (Wildman–Crippen LogP) is 3.99. The molecule has 0 radical (unpaired) electrons. The van der Waals surface area contributed by atoms with Gasteiger partial charge in [-0.2, -0.15) is 36.1 Å². The molecule has 3 amide bonds. The van der Waals surface area contributed by atoms with Crippen molar-refractivity contribution in [2.24, 2.45) is 14.1 Å². The first-order valence-corrected chi connectivity index (χ1v) is 26.8. The second-order valence-corrected chi connectivity index (χ2v) is 19.8. The second kappa shape index (κ2) is 29.8. The van der Waals surface area contributed by atoms with E-state index in [0.29, 0.717) is 67.7 Å². The monoisotopic (exact) mass is 1170 g/mol. The van der Waals surface area contributed by atoms with E-state index >= 15 is 0 Å². The van der Waals surface area contributed by atoms with E-state index in [1.807, 2.05) is 60.7 Å². The fraction of sp³-hybridized carbons (Fsp3) is 0.292. The largest absolute Gasteiger partial charge is 0.339 e. The molecule has 2 saturated heterocycles. The minimum atomic E-state index is -3.30. The van der Waals surface area contributed by atoms with E-state index in [2.05, 4.69) is 59.4 Å². The number of pyridine rings is 2. The summed E-state index contributed by atoms with van der Waals surface area (Å²) in [6, 6.07) is 25.9. The maximum Gasteiger partial charge on any atom is 0.338 e. The Morgan fingerprint density at radius 1 is 0.713 bits per heavy atom. The number of alkyl halides is 3. The number of aryl methyl sites for hydroxylation is 2. The van der Waals surface area contributed by atoms with Crippen LogP contribution >= 0.6 is 11.6 Å². The van der Waals surface area contributed by atoms with Crippen molar-refractivity contribution < 1.29 is 57.6 Å². The summed E-state index contributed by atoms with van der Waals surface area (Å²) in [5.74, 6) is -0.327. The van der Waals surface area contributed by atoms with Crippen LogP contribution in [0.3, 0.4) is 0 Å². The Balaban J connectivity index is 0.000000215. The van der Waals surface area contributed by atoms with Gasteiger partial charge in [0.15, 0.2) is 22.9 Å². The standard InChI is InChI=1S/C21H20FN7O2.C18H13ClN6O2.C3H8FN.C3H7NO3S.C2H5NO3S.CH3F/c1-27(11-9-22)21(31)16-13-23-28(2)18(16)20(30)24-15-8-10-29-17(12-15)25-19(26-29)14-6-4-3-5-7-14;1-24-15(13(10-20-24)16(19)26)18(27)21-12-7-8-25-14(9-12)22-17(23-25)11-5-3-2-4-6-11;1-5-3-2-4;1-4-2-3-7-8(4,5)6;4-7(5)3-1-2-6-7;1-2/h3-8,10,12-13H,9,11H2,1-2H3,(H,24,30);2-10H,1H3,(H,21,27);5H,2-3H2,1H3;2-3H2,1H3;3H,1-2H2;1H3/i22-1;;4-1;;;2-1. The van der Waals surface area contributed by atoms with E-state index < -0.39 is 50.2 Å². The van der Waals surface area contributed by atoms with Crippen molar-refractivity contribution in [3.63, 3.8) is 0 Å². The average molecular weight is 1170 g/mol. The quantitative estimate of drug-likeness (QED) is 0.126. The summed E-state index contributed by atoms with van der Waals surface area (Å²) in [6.45, 7) is 0.901. The highest BCUT2D eigenvalue weighted by atomic mass is 35.5. The molecule has 0 unspecified atom stereocenters. The number of amides is 3. The van der Waals surface area contributed by atoms with Crippen LogP contribution in [-0.2, 0) is 43.1 Å². The highest BCUT2D eigenvalue weighted by Crippen LogP contribution is 2.21. The minimum absolute atomic E-state index is 0.0478. The number of halogens is 4. The molecule has 0 bridgehead atoms. The van der Waals surface area contributed by atoms with Crippen LogP contribution in [0.1, 0.15) is 41.7 Å². The molecule has 2 aliphatic heterocycles. The number of fused-ring (bicyclic) bond motifs is 2. The van der Waals surface area contributed by atoms with Crippen LogP contribution < -0.4 is 20.7 Å². The van der Waals surface area contributed by atoms with E-state index in [0.717, 1.165) is 11.1 Å². The number of rotatable bonds is 12. The van der Waals surface area contributed by atoms with Crippen molar-refractivity contribution in [3.05, 3.63) is 132 Å². The normalized spacial score (nSPS) is 13.8. The number of nitrogens with one attached hydrogen (secondary N) is 4. The lowest BCUT2D eigenvalue weighted by atomic mass is 10.2. The highest BCUT2D eigenvalue weighted by molar-refractivity contribution is 7.85. The Bertz CT molecular complexity index is 3580. The van der Waals surface area contributed by atoms with Crippen molar-refractivity contribution in [1.29, 1.82) is 0 Å². The lowest BCUT2D eigenvalue weighted by molar-refractivity contribution is 0.0780. The molecule has 10 rings (SSSR count). The fourth-order valence-corrected chi connectivity index (χ4v) is 8.41. The number of likely N-dealkylation sites (N-methyl/N-ethyl adjacent to an activating group) is 1. The fourth-order valence-electron chi connectivity index (χ4n) is 6.79. The Labute approximate surface area is 462 Å². The third kappa shape index (κ3) is 17.2. The molecule has 2 aliphatic rings. The number of hydrogen-bond acceptors (Lipinski definition) is 17. The third-order valence-electron chi connectivity index (χ3n) is 10.8. The molecule has 8 heterocycles. The first-order valence-electron chi connectivity index (χ1n) is 23.6. The molecule has 2 aromatic carbocycles. The second-order valence-electron chi connectivity index (χ2n) is 16.3. The first kappa shape index (κ1) is 62.8. The van der Waals surface area contributed by atoms with Gasteiger partial charge in [-0.15, -0.1) is 10.2 Å². The van der Waals surface area contributed by atoms with E-state index in [-0.39, 0.29) is 42.3 Å². The van der Waals surface area contributed by atoms with Crippen LogP contribution in [0, 0.1) is 0 Å². The third-order valence-corrected chi connectivity index (χ3v) is 13.4. The van der Waals surface area contributed by atoms with E-state index in [1.165, 1.54) is 45.1 Å². The van der Waals surface area contributed by atoms with Crippen LogP contribution in [0.2, 0.25) is 0 Å². The van der Waals surface area contributed by atoms with Gasteiger partial charge in [0.2, 0.25) is 0 Å². The summed E-state index contributed by atoms with van der Waals surface area (Å²) in [5.41, 5.74) is 4.22. The number of carbonyl (C=O) groups excluding carboxylic acids is 4. The van der Waals surface area contributed by atoms with Gasteiger partial charge in [0.05, 0.1) is 43.9 Å². The number of hydrogen-bond donors (Lipinski definition) is 4. The van der Waals surface area contributed by atoms with Crippen LogP contribution in [0.25, 0.3) is 34.1 Å². The molecule has 0 saturated carbocycles. The Kier molecular flexibility index (Phi) is 23.4. The van der Waals surface area contributed by atoms with Crippen LogP contribution in [0.5, 0.6) is 0 Å². The molecular weight excluding hydrogens is 1110 g/mol. The molecule has 26 nitrogen and oxygen atoms in total. The lowest BCUT2D eigenvalue weighted by Gasteiger charge is -2.15. The number of aromatic nitrogens is 10. The van der Waals surface area contributed by atoms with Gasteiger partial charge in [0.1, 0.15) is 24.7 Å². The van der Waals surface area contributed by atoms with Crippen molar-refractivity contribution in [2.75, 3.05) is 91.7 Å². The molecule has 32 heteroatoms. The average Bonchev–Trinajstić information content (AvgIpc) is 4.33. The SMILES string of the molecule is CN(CC[18F])C(=O)c1cnn(C)c1C(=O)Nc1ccn2nc(-c3ccccc3)nc2c1.CN1CCOS1(=O)=O.CNCC[18F].C[18F].Cn1ncc(C(=O)Cl)c1C(=O)Nc1ccn2nc(-c3ccccc3)nc2c1.O=S1(=O)NCCO1. The zero-order valence-electron chi connectivity index (χ0n) is 43.8. The van der Waals surface area contributed by atoms with E-state index in [1.54, 1.807) is 66.8 Å². The molecule has 0 spiro atoms. The summed E-state index contributed by atoms with van der Waals surface area (Å²) in [6.07, 6.45) is 5.95. The van der Waals surface area contributed by atoms with Gasteiger partial charge in [-0.25, -0.2) is 27.8 Å². The molecule has 0 atom stereocenters. The molecule has 428 valence electrons.